The van der Waals surface area contributed by atoms with E-state index < -0.39 is 0 Å². The molecule has 3 aliphatic rings. The van der Waals surface area contributed by atoms with Gasteiger partial charge in [0.1, 0.15) is 11.2 Å². The number of para-hydroxylation sites is 2. The lowest BCUT2D eigenvalue weighted by atomic mass is 9.82. The summed E-state index contributed by atoms with van der Waals surface area (Å²) in [6.45, 7) is 4.72. The summed E-state index contributed by atoms with van der Waals surface area (Å²) >= 11 is 0. The lowest BCUT2D eigenvalue weighted by molar-refractivity contribution is 0.660. The Hall–Kier alpha value is -8.00. The van der Waals surface area contributed by atoms with Crippen molar-refractivity contribution in [1.29, 1.82) is 0 Å². The third kappa shape index (κ3) is 6.30. The zero-order valence-electron chi connectivity index (χ0n) is 38.3. The molecule has 14 rings (SSSR count). The lowest BCUT2D eigenvalue weighted by Gasteiger charge is -2.21. The molecule has 1 nitrogen and oxygen atoms in total. The molecule has 1 aromatic heterocycles. The van der Waals surface area contributed by atoms with Crippen LogP contribution in [0.1, 0.15) is 53.6 Å². The molecule has 0 N–H and O–H groups in total. The molecule has 2 atom stereocenters. The van der Waals surface area contributed by atoms with Gasteiger partial charge in [-0.3, -0.25) is 0 Å². The Bertz CT molecular complexity index is 3980. The van der Waals surface area contributed by atoms with Crippen molar-refractivity contribution in [3.8, 4) is 33.4 Å². The third-order valence-electron chi connectivity index (χ3n) is 15.6. The minimum Gasteiger partial charge on any atom is -0.455 e. The molecule has 11 aromatic rings. The second kappa shape index (κ2) is 15.0. The Morgan fingerprint density at radius 3 is 2.15 bits per heavy atom. The first kappa shape index (κ1) is 39.2. The Labute approximate surface area is 397 Å². The van der Waals surface area contributed by atoms with E-state index in [0.717, 1.165) is 45.4 Å². The van der Waals surface area contributed by atoms with Crippen molar-refractivity contribution in [2.75, 3.05) is 0 Å². The maximum atomic E-state index is 6.47. The first-order valence-electron chi connectivity index (χ1n) is 24.3. The first-order chi connectivity index (χ1) is 33.4. The van der Waals surface area contributed by atoms with Crippen LogP contribution in [0, 0.1) is 11.8 Å². The summed E-state index contributed by atoms with van der Waals surface area (Å²) < 4.78 is 6.47. The Morgan fingerprint density at radius 1 is 0.529 bits per heavy atom. The van der Waals surface area contributed by atoms with Crippen molar-refractivity contribution in [3.63, 3.8) is 0 Å². The summed E-state index contributed by atoms with van der Waals surface area (Å²) in [5.41, 5.74) is 19.7. The molecule has 1 heterocycles. The van der Waals surface area contributed by atoms with E-state index in [4.69, 9.17) is 4.42 Å². The van der Waals surface area contributed by atoms with Crippen LogP contribution in [0.5, 0.6) is 0 Å². The van der Waals surface area contributed by atoms with Crippen molar-refractivity contribution in [1.82, 2.24) is 0 Å². The van der Waals surface area contributed by atoms with E-state index in [0.29, 0.717) is 5.92 Å². The van der Waals surface area contributed by atoms with Crippen molar-refractivity contribution in [3.05, 3.63) is 246 Å². The predicted molar refractivity (Wildman–Crippen MR) is 288 cm³/mol. The largest absolute Gasteiger partial charge is 0.455 e. The van der Waals surface area contributed by atoms with E-state index in [-0.39, 0.29) is 5.41 Å². The van der Waals surface area contributed by atoms with E-state index >= 15 is 0 Å². The number of rotatable bonds is 7. The molecular formula is C67H48O. The van der Waals surface area contributed by atoms with Crippen molar-refractivity contribution in [2.45, 2.75) is 32.1 Å². The fraction of sp³-hybridized carbons (Fsp3) is 0.104. The molecule has 0 radical (unpaired) electrons. The smallest absolute Gasteiger partial charge is 0.143 e. The number of hydrogen-bond acceptors (Lipinski definition) is 1. The van der Waals surface area contributed by atoms with Crippen molar-refractivity contribution < 1.29 is 4.42 Å². The van der Waals surface area contributed by atoms with Crippen LogP contribution in [-0.2, 0) is 11.8 Å². The summed E-state index contributed by atoms with van der Waals surface area (Å²) in [6.07, 6.45) is 11.8. The second-order valence-corrected chi connectivity index (χ2v) is 20.0. The molecule has 0 bridgehead atoms. The molecule has 322 valence electrons. The van der Waals surface area contributed by atoms with Gasteiger partial charge in [-0.05, 0) is 148 Å². The minimum absolute atomic E-state index is 0.0694. The van der Waals surface area contributed by atoms with E-state index in [1.54, 1.807) is 0 Å². The van der Waals surface area contributed by atoms with Crippen LogP contribution in [0.3, 0.4) is 0 Å². The summed E-state index contributed by atoms with van der Waals surface area (Å²) in [6, 6.07) is 72.2. The van der Waals surface area contributed by atoms with Crippen LogP contribution in [-0.4, -0.2) is 0 Å². The number of allylic oxidation sites excluding steroid dienone is 5. The van der Waals surface area contributed by atoms with Crippen LogP contribution in [0.15, 0.2) is 217 Å². The molecule has 0 spiro atoms. The quantitative estimate of drug-likeness (QED) is 0.115. The van der Waals surface area contributed by atoms with Gasteiger partial charge < -0.3 is 4.42 Å². The molecule has 10 aromatic carbocycles. The van der Waals surface area contributed by atoms with E-state index in [1.807, 2.05) is 6.07 Å². The van der Waals surface area contributed by atoms with Gasteiger partial charge in [0, 0.05) is 21.8 Å². The molecule has 1 saturated carbocycles. The highest BCUT2D eigenvalue weighted by atomic mass is 16.3. The van der Waals surface area contributed by atoms with Gasteiger partial charge in [-0.1, -0.05) is 214 Å². The molecule has 1 heteroatoms. The molecule has 68 heavy (non-hydrogen) atoms. The summed E-state index contributed by atoms with van der Waals surface area (Å²) in [5.74, 6) is 1.43. The number of benzene rings is 10. The monoisotopic (exact) mass is 868 g/mol. The van der Waals surface area contributed by atoms with Crippen LogP contribution in [0.2, 0.25) is 0 Å². The first-order valence-corrected chi connectivity index (χ1v) is 24.3. The molecule has 0 saturated heterocycles. The zero-order valence-corrected chi connectivity index (χ0v) is 38.3. The average Bonchev–Trinajstić information content (AvgIpc) is 4.02. The zero-order chi connectivity index (χ0) is 45.1. The number of fused-ring (bicyclic) bond motifs is 12. The van der Waals surface area contributed by atoms with E-state index in [2.05, 4.69) is 226 Å². The van der Waals surface area contributed by atoms with Crippen LogP contribution in [0.4, 0.5) is 0 Å². The predicted octanol–water partition coefficient (Wildman–Crippen LogP) is 18.1. The number of furan rings is 1. The van der Waals surface area contributed by atoms with Crippen LogP contribution >= 0.6 is 0 Å². The van der Waals surface area contributed by atoms with Gasteiger partial charge >= 0.3 is 0 Å². The van der Waals surface area contributed by atoms with E-state index in [1.165, 1.54) is 106 Å². The van der Waals surface area contributed by atoms with Crippen molar-refractivity contribution in [2.24, 2.45) is 11.8 Å². The standard InChI is InChI=1S/C67H48O/c1-67(2)62-16-7-5-12-55(62)56-32-20-42(36-63(56)67)35-51(44-23-25-46(26-24-44)54-14-9-15-59-57-13-6-8-17-64(57)68-66(54)59)34-41-18-21-43(22-19-41)48-28-30-50-40-60(49-29-27-47-37-52(47)38-49)58-33-31-45-10-3-4-11-53(45)65(58)61(50)39-48/h3-33,35-36,38-40,47,52H,34,37H2,1-2H3/b51-35-. The van der Waals surface area contributed by atoms with Crippen LogP contribution in [0.25, 0.3) is 105 Å². The summed E-state index contributed by atoms with van der Waals surface area (Å²) in [7, 11) is 0. The fourth-order valence-corrected chi connectivity index (χ4v) is 11.8. The Balaban J connectivity index is 0.839. The molecule has 1 fully saturated rings. The lowest BCUT2D eigenvalue weighted by Crippen LogP contribution is -2.14. The molecule has 2 unspecified atom stereocenters. The van der Waals surface area contributed by atoms with Crippen molar-refractivity contribution >= 4 is 71.5 Å². The van der Waals surface area contributed by atoms with Crippen LogP contribution < -0.4 is 0 Å². The Morgan fingerprint density at radius 2 is 1.26 bits per heavy atom. The minimum atomic E-state index is -0.0694. The van der Waals surface area contributed by atoms with Gasteiger partial charge in [0.05, 0.1) is 0 Å². The topological polar surface area (TPSA) is 13.1 Å². The highest BCUT2D eigenvalue weighted by Crippen LogP contribution is 2.50. The van der Waals surface area contributed by atoms with Gasteiger partial charge in [0.2, 0.25) is 0 Å². The second-order valence-electron chi connectivity index (χ2n) is 20.0. The third-order valence-corrected chi connectivity index (χ3v) is 15.6. The highest BCUT2D eigenvalue weighted by Gasteiger charge is 2.36. The van der Waals surface area contributed by atoms with Gasteiger partial charge in [-0.25, -0.2) is 0 Å². The molecule has 0 amide bonds. The molecular weight excluding hydrogens is 821 g/mol. The summed E-state index contributed by atoms with van der Waals surface area (Å²) in [4.78, 5) is 0. The highest BCUT2D eigenvalue weighted by molar-refractivity contribution is 6.23. The number of hydrogen-bond donors (Lipinski definition) is 0. The van der Waals surface area contributed by atoms with Gasteiger partial charge in [-0.2, -0.15) is 0 Å². The van der Waals surface area contributed by atoms with Gasteiger partial charge in [-0.15, -0.1) is 0 Å². The normalized spacial score (nSPS) is 16.9. The Kier molecular flexibility index (Phi) is 8.65. The molecule has 0 aliphatic heterocycles. The maximum Gasteiger partial charge on any atom is 0.143 e. The average molecular weight is 869 g/mol. The van der Waals surface area contributed by atoms with Gasteiger partial charge in [0.15, 0.2) is 0 Å². The maximum absolute atomic E-state index is 6.47. The fourth-order valence-electron chi connectivity index (χ4n) is 11.8. The molecule has 3 aliphatic carbocycles. The summed E-state index contributed by atoms with van der Waals surface area (Å²) in [5, 5.41) is 10.1. The van der Waals surface area contributed by atoms with E-state index in [9.17, 15) is 0 Å². The SMILES string of the molecule is CC1(C)c2ccccc2-c2ccc(/C=C(/Cc3ccc(-c4ccc5cc(C6=CC7CC7C=C6)c6ccc7ccccc7c6c5c4)cc3)c3ccc(-c4cccc5c4oc4ccccc45)cc3)cc21. The van der Waals surface area contributed by atoms with Gasteiger partial charge in [0.25, 0.3) is 0 Å².